The van der Waals surface area contributed by atoms with Gasteiger partial charge in [-0.15, -0.1) is 0 Å². The molecule has 110 valence electrons. The molecule has 2 saturated heterocycles. The summed E-state index contributed by atoms with van der Waals surface area (Å²) in [5.41, 5.74) is 0. The molecule has 0 aromatic carbocycles. The van der Waals surface area contributed by atoms with Crippen LogP contribution in [0.2, 0.25) is 0 Å². The van der Waals surface area contributed by atoms with E-state index in [0.717, 1.165) is 38.5 Å². The minimum Gasteiger partial charge on any atom is -0.376 e. The van der Waals surface area contributed by atoms with E-state index in [9.17, 15) is 4.79 Å². The standard InChI is InChI=1S/C15H28N2O2/c1-3-4-15(18)17-10-7-14(11-17)19-12-13-5-8-16(2)9-6-13/h13-14H,3-12H2,1-2H3. The molecule has 0 aliphatic carbocycles. The monoisotopic (exact) mass is 268 g/mol. The molecule has 1 unspecified atom stereocenters. The number of hydrogen-bond donors (Lipinski definition) is 0. The van der Waals surface area contributed by atoms with Gasteiger partial charge in [-0.05, 0) is 51.7 Å². The Morgan fingerprint density at radius 3 is 2.63 bits per heavy atom. The highest BCUT2D eigenvalue weighted by Gasteiger charge is 2.27. The summed E-state index contributed by atoms with van der Waals surface area (Å²) in [5.74, 6) is 1.02. The summed E-state index contributed by atoms with van der Waals surface area (Å²) in [5, 5.41) is 0. The van der Waals surface area contributed by atoms with Crippen LogP contribution in [-0.4, -0.2) is 61.6 Å². The van der Waals surface area contributed by atoms with Gasteiger partial charge in [-0.25, -0.2) is 0 Å². The average molecular weight is 268 g/mol. The highest BCUT2D eigenvalue weighted by atomic mass is 16.5. The summed E-state index contributed by atoms with van der Waals surface area (Å²) < 4.78 is 6.02. The van der Waals surface area contributed by atoms with Crippen molar-refractivity contribution in [2.24, 2.45) is 5.92 Å². The maximum atomic E-state index is 11.8. The number of carbonyl (C=O) groups excluding carboxylic acids is 1. The van der Waals surface area contributed by atoms with Crippen molar-refractivity contribution in [2.75, 3.05) is 39.8 Å². The van der Waals surface area contributed by atoms with Crippen LogP contribution in [0.3, 0.4) is 0 Å². The molecule has 2 aliphatic rings. The van der Waals surface area contributed by atoms with E-state index in [1.54, 1.807) is 0 Å². The van der Waals surface area contributed by atoms with E-state index in [2.05, 4.69) is 18.9 Å². The SMILES string of the molecule is CCCC(=O)N1CCC(OCC2CCN(C)CC2)C1. The van der Waals surface area contributed by atoms with Gasteiger partial charge < -0.3 is 14.5 Å². The topological polar surface area (TPSA) is 32.8 Å². The van der Waals surface area contributed by atoms with Crippen LogP contribution in [0.4, 0.5) is 0 Å². The molecular formula is C15H28N2O2. The molecular weight excluding hydrogens is 240 g/mol. The van der Waals surface area contributed by atoms with Crippen molar-refractivity contribution in [1.29, 1.82) is 0 Å². The summed E-state index contributed by atoms with van der Waals surface area (Å²) in [6.07, 6.45) is 5.42. The number of rotatable bonds is 5. The van der Waals surface area contributed by atoms with Crippen LogP contribution in [0, 0.1) is 5.92 Å². The molecule has 0 spiro atoms. The number of nitrogens with zero attached hydrogens (tertiary/aromatic N) is 2. The first-order chi connectivity index (χ1) is 9.19. The van der Waals surface area contributed by atoms with Crippen molar-refractivity contribution in [3.05, 3.63) is 0 Å². The molecule has 1 amide bonds. The molecule has 0 aromatic heterocycles. The van der Waals surface area contributed by atoms with E-state index in [1.165, 1.54) is 25.9 Å². The molecule has 2 aliphatic heterocycles. The number of likely N-dealkylation sites (tertiary alicyclic amines) is 2. The van der Waals surface area contributed by atoms with Gasteiger partial charge in [0.05, 0.1) is 6.10 Å². The zero-order valence-electron chi connectivity index (χ0n) is 12.4. The Morgan fingerprint density at radius 1 is 1.21 bits per heavy atom. The number of hydrogen-bond acceptors (Lipinski definition) is 3. The fraction of sp³-hybridized carbons (Fsp3) is 0.933. The molecule has 19 heavy (non-hydrogen) atoms. The Bertz CT molecular complexity index is 288. The van der Waals surface area contributed by atoms with E-state index >= 15 is 0 Å². The van der Waals surface area contributed by atoms with Gasteiger partial charge in [0, 0.05) is 26.1 Å². The lowest BCUT2D eigenvalue weighted by Gasteiger charge is -2.29. The predicted octanol–water partition coefficient (Wildman–Crippen LogP) is 1.75. The minimum atomic E-state index is 0.278. The number of piperidine rings is 1. The molecule has 2 rings (SSSR count). The van der Waals surface area contributed by atoms with Crippen molar-refractivity contribution in [3.63, 3.8) is 0 Å². The van der Waals surface area contributed by atoms with Gasteiger partial charge in [0.1, 0.15) is 0 Å². The maximum absolute atomic E-state index is 11.8. The van der Waals surface area contributed by atoms with Gasteiger partial charge in [-0.2, -0.15) is 0 Å². The highest BCUT2D eigenvalue weighted by molar-refractivity contribution is 5.76. The first-order valence-corrected chi connectivity index (χ1v) is 7.77. The minimum absolute atomic E-state index is 0.278. The third-order valence-electron chi connectivity index (χ3n) is 4.37. The third kappa shape index (κ3) is 4.46. The molecule has 0 radical (unpaired) electrons. The predicted molar refractivity (Wildman–Crippen MR) is 76.1 cm³/mol. The quantitative estimate of drug-likeness (QED) is 0.761. The van der Waals surface area contributed by atoms with Gasteiger partial charge in [0.15, 0.2) is 0 Å². The van der Waals surface area contributed by atoms with Crippen LogP contribution < -0.4 is 0 Å². The van der Waals surface area contributed by atoms with Crippen molar-refractivity contribution in [1.82, 2.24) is 9.80 Å². The average Bonchev–Trinajstić information content (AvgIpc) is 2.87. The van der Waals surface area contributed by atoms with Crippen LogP contribution in [0.5, 0.6) is 0 Å². The summed E-state index contributed by atoms with van der Waals surface area (Å²) in [7, 11) is 2.19. The summed E-state index contributed by atoms with van der Waals surface area (Å²) >= 11 is 0. The Balaban J connectivity index is 1.64. The molecule has 2 fully saturated rings. The van der Waals surface area contributed by atoms with E-state index in [-0.39, 0.29) is 6.10 Å². The van der Waals surface area contributed by atoms with Crippen LogP contribution in [0.25, 0.3) is 0 Å². The Hall–Kier alpha value is -0.610. The molecule has 1 atom stereocenters. The van der Waals surface area contributed by atoms with Gasteiger partial charge in [-0.1, -0.05) is 6.92 Å². The summed E-state index contributed by atoms with van der Waals surface area (Å²) in [4.78, 5) is 16.2. The molecule has 4 heteroatoms. The Morgan fingerprint density at radius 2 is 1.95 bits per heavy atom. The fourth-order valence-corrected chi connectivity index (χ4v) is 2.96. The molecule has 0 bridgehead atoms. The zero-order valence-corrected chi connectivity index (χ0v) is 12.4. The van der Waals surface area contributed by atoms with E-state index in [0.29, 0.717) is 12.3 Å². The smallest absolute Gasteiger partial charge is 0.222 e. The van der Waals surface area contributed by atoms with Crippen LogP contribution in [0.15, 0.2) is 0 Å². The Labute approximate surface area is 117 Å². The van der Waals surface area contributed by atoms with Gasteiger partial charge >= 0.3 is 0 Å². The number of amides is 1. The van der Waals surface area contributed by atoms with Gasteiger partial charge in [0.2, 0.25) is 5.91 Å². The van der Waals surface area contributed by atoms with Crippen molar-refractivity contribution in [2.45, 2.75) is 45.1 Å². The first kappa shape index (κ1) is 14.8. The van der Waals surface area contributed by atoms with Gasteiger partial charge in [-0.3, -0.25) is 4.79 Å². The first-order valence-electron chi connectivity index (χ1n) is 7.77. The van der Waals surface area contributed by atoms with Crippen LogP contribution in [-0.2, 0) is 9.53 Å². The van der Waals surface area contributed by atoms with Crippen LogP contribution >= 0.6 is 0 Å². The highest BCUT2D eigenvalue weighted by Crippen LogP contribution is 2.20. The zero-order chi connectivity index (χ0) is 13.7. The van der Waals surface area contributed by atoms with E-state index < -0.39 is 0 Å². The Kier molecular flexibility index (Phi) is 5.64. The number of carbonyl (C=O) groups is 1. The maximum Gasteiger partial charge on any atom is 0.222 e. The van der Waals surface area contributed by atoms with E-state index in [4.69, 9.17) is 4.74 Å². The van der Waals surface area contributed by atoms with Crippen molar-refractivity contribution >= 4 is 5.91 Å². The van der Waals surface area contributed by atoms with E-state index in [1.807, 2.05) is 4.90 Å². The normalized spacial score (nSPS) is 26.0. The molecule has 0 N–H and O–H groups in total. The second-order valence-corrected chi connectivity index (χ2v) is 6.08. The van der Waals surface area contributed by atoms with Crippen molar-refractivity contribution in [3.8, 4) is 0 Å². The lowest BCUT2D eigenvalue weighted by atomic mass is 9.98. The second kappa shape index (κ2) is 7.25. The second-order valence-electron chi connectivity index (χ2n) is 6.08. The lowest BCUT2D eigenvalue weighted by Crippen LogP contribution is -2.33. The molecule has 4 nitrogen and oxygen atoms in total. The van der Waals surface area contributed by atoms with Gasteiger partial charge in [0.25, 0.3) is 0 Å². The number of ether oxygens (including phenoxy) is 1. The molecule has 0 saturated carbocycles. The largest absolute Gasteiger partial charge is 0.376 e. The van der Waals surface area contributed by atoms with Crippen molar-refractivity contribution < 1.29 is 9.53 Å². The fourth-order valence-electron chi connectivity index (χ4n) is 2.96. The third-order valence-corrected chi connectivity index (χ3v) is 4.37. The lowest BCUT2D eigenvalue weighted by molar-refractivity contribution is -0.130. The molecule has 0 aromatic rings. The summed E-state index contributed by atoms with van der Waals surface area (Å²) in [6.45, 7) is 7.03. The molecule has 2 heterocycles. The summed E-state index contributed by atoms with van der Waals surface area (Å²) in [6, 6.07) is 0. The van der Waals surface area contributed by atoms with Crippen LogP contribution in [0.1, 0.15) is 39.0 Å².